The van der Waals surface area contributed by atoms with Crippen LogP contribution in [0.3, 0.4) is 0 Å². The number of nitrogens with one attached hydrogen (secondary N) is 1. The number of hydrogen-bond donors (Lipinski definition) is 1. The Bertz CT molecular complexity index is 514. The van der Waals surface area contributed by atoms with Crippen LogP contribution in [0.1, 0.15) is 34.1 Å². The van der Waals surface area contributed by atoms with E-state index in [9.17, 15) is 9.59 Å². The van der Waals surface area contributed by atoms with Crippen LogP contribution in [-0.2, 0) is 0 Å². The van der Waals surface area contributed by atoms with Gasteiger partial charge in [0.2, 0.25) is 0 Å². The normalized spacial score (nSPS) is 14.7. The highest BCUT2D eigenvalue weighted by molar-refractivity contribution is 5.99. The second kappa shape index (κ2) is 8.76. The third-order valence-electron chi connectivity index (χ3n) is 3.80. The van der Waals surface area contributed by atoms with Gasteiger partial charge in [0, 0.05) is 44.4 Å². The highest BCUT2D eigenvalue weighted by atomic mass is 35.5. The summed E-state index contributed by atoms with van der Waals surface area (Å²) in [4.78, 5) is 28.2. The molecule has 0 saturated carbocycles. The molecule has 0 bridgehead atoms. The van der Waals surface area contributed by atoms with Gasteiger partial charge in [0.15, 0.2) is 0 Å². The predicted molar refractivity (Wildman–Crippen MR) is 89.7 cm³/mol. The van der Waals surface area contributed by atoms with Crippen LogP contribution < -0.4 is 5.32 Å². The van der Waals surface area contributed by atoms with Crippen LogP contribution in [0.4, 0.5) is 0 Å². The summed E-state index contributed by atoms with van der Waals surface area (Å²) in [6.07, 6.45) is 0.961. The molecule has 22 heavy (non-hydrogen) atoms. The van der Waals surface area contributed by atoms with Crippen molar-refractivity contribution in [3.05, 3.63) is 35.4 Å². The topological polar surface area (TPSA) is 52.7 Å². The number of carbonyl (C=O) groups is 2. The first-order valence-electron chi connectivity index (χ1n) is 7.49. The SMILES string of the molecule is CCN(C)C(=O)c1cccc(C(=O)N2CCCNCC2)c1.Cl. The Kier molecular flexibility index (Phi) is 7.35. The molecule has 0 atom stereocenters. The molecule has 1 aromatic carbocycles. The summed E-state index contributed by atoms with van der Waals surface area (Å²) in [7, 11) is 1.76. The summed E-state index contributed by atoms with van der Waals surface area (Å²) in [5.74, 6) is -0.0443. The minimum atomic E-state index is -0.0512. The first kappa shape index (κ1) is 18.5. The minimum absolute atomic E-state index is 0. The lowest BCUT2D eigenvalue weighted by atomic mass is 10.1. The Morgan fingerprint density at radius 1 is 1.23 bits per heavy atom. The third-order valence-corrected chi connectivity index (χ3v) is 3.80. The maximum Gasteiger partial charge on any atom is 0.253 e. The van der Waals surface area contributed by atoms with Gasteiger partial charge in [0.25, 0.3) is 11.8 Å². The van der Waals surface area contributed by atoms with Gasteiger partial charge < -0.3 is 15.1 Å². The monoisotopic (exact) mass is 325 g/mol. The maximum absolute atomic E-state index is 12.5. The predicted octanol–water partition coefficient (Wildman–Crippen LogP) is 1.64. The molecule has 1 aliphatic rings. The number of rotatable bonds is 3. The first-order valence-corrected chi connectivity index (χ1v) is 7.49. The highest BCUT2D eigenvalue weighted by Gasteiger charge is 2.18. The molecule has 5 nitrogen and oxygen atoms in total. The van der Waals surface area contributed by atoms with Crippen LogP contribution in [0, 0.1) is 0 Å². The zero-order valence-corrected chi connectivity index (χ0v) is 14.0. The van der Waals surface area contributed by atoms with Gasteiger partial charge in [0.05, 0.1) is 0 Å². The Morgan fingerprint density at radius 3 is 2.68 bits per heavy atom. The summed E-state index contributed by atoms with van der Waals surface area (Å²) in [5, 5.41) is 3.28. The van der Waals surface area contributed by atoms with E-state index >= 15 is 0 Å². The van der Waals surface area contributed by atoms with E-state index in [1.54, 1.807) is 36.2 Å². The molecule has 1 N–H and O–H groups in total. The molecule has 0 aliphatic carbocycles. The average Bonchev–Trinajstić information content (AvgIpc) is 2.82. The van der Waals surface area contributed by atoms with Gasteiger partial charge in [-0.25, -0.2) is 0 Å². The van der Waals surface area contributed by atoms with Crippen LogP contribution in [0.25, 0.3) is 0 Å². The molecule has 1 saturated heterocycles. The summed E-state index contributed by atoms with van der Waals surface area (Å²) >= 11 is 0. The van der Waals surface area contributed by atoms with E-state index in [4.69, 9.17) is 0 Å². The van der Waals surface area contributed by atoms with Gasteiger partial charge >= 0.3 is 0 Å². The van der Waals surface area contributed by atoms with E-state index in [0.29, 0.717) is 24.2 Å². The van der Waals surface area contributed by atoms with Gasteiger partial charge in [-0.05, 0) is 38.1 Å². The maximum atomic E-state index is 12.5. The number of carbonyl (C=O) groups excluding carboxylic acids is 2. The second-order valence-electron chi connectivity index (χ2n) is 5.30. The molecule has 0 radical (unpaired) electrons. The van der Waals surface area contributed by atoms with Crippen molar-refractivity contribution >= 4 is 24.2 Å². The first-order chi connectivity index (χ1) is 10.1. The summed E-state index contributed by atoms with van der Waals surface area (Å²) in [6, 6.07) is 7.02. The molecule has 0 aromatic heterocycles. The molecule has 6 heteroatoms. The molecule has 2 rings (SSSR count). The number of halogens is 1. The third kappa shape index (κ3) is 4.45. The van der Waals surface area contributed by atoms with Crippen molar-refractivity contribution in [1.82, 2.24) is 15.1 Å². The van der Waals surface area contributed by atoms with Gasteiger partial charge in [-0.15, -0.1) is 12.4 Å². The molecule has 2 amide bonds. The van der Waals surface area contributed by atoms with Crippen molar-refractivity contribution in [1.29, 1.82) is 0 Å². The lowest BCUT2D eigenvalue weighted by Crippen LogP contribution is -2.34. The molecular formula is C16H24ClN3O2. The van der Waals surface area contributed by atoms with E-state index in [2.05, 4.69) is 5.32 Å². The molecular weight excluding hydrogens is 302 g/mol. The van der Waals surface area contributed by atoms with Gasteiger partial charge in [0.1, 0.15) is 0 Å². The molecule has 1 aromatic rings. The van der Waals surface area contributed by atoms with Crippen molar-refractivity contribution in [2.45, 2.75) is 13.3 Å². The van der Waals surface area contributed by atoms with E-state index in [1.165, 1.54) is 0 Å². The number of amides is 2. The van der Waals surface area contributed by atoms with Crippen LogP contribution in [0.15, 0.2) is 24.3 Å². The lowest BCUT2D eigenvalue weighted by Gasteiger charge is -2.20. The second-order valence-corrected chi connectivity index (χ2v) is 5.30. The van der Waals surface area contributed by atoms with Gasteiger partial charge in [-0.2, -0.15) is 0 Å². The van der Waals surface area contributed by atoms with E-state index < -0.39 is 0 Å². The fraction of sp³-hybridized carbons (Fsp3) is 0.500. The van der Waals surface area contributed by atoms with Crippen molar-refractivity contribution in [2.75, 3.05) is 39.8 Å². The quantitative estimate of drug-likeness (QED) is 0.919. The van der Waals surface area contributed by atoms with E-state index in [0.717, 1.165) is 26.1 Å². The van der Waals surface area contributed by atoms with Crippen molar-refractivity contribution in [3.8, 4) is 0 Å². The standard InChI is InChI=1S/C16H23N3O2.ClH/c1-3-18(2)15(20)13-6-4-7-14(12-13)16(21)19-10-5-8-17-9-11-19;/h4,6-7,12,17H,3,5,8-11H2,1-2H3;1H. The Morgan fingerprint density at radius 2 is 1.95 bits per heavy atom. The Balaban J connectivity index is 0.00000242. The molecule has 1 fully saturated rings. The van der Waals surface area contributed by atoms with Crippen molar-refractivity contribution in [2.24, 2.45) is 0 Å². The summed E-state index contributed by atoms with van der Waals surface area (Å²) < 4.78 is 0. The fourth-order valence-electron chi connectivity index (χ4n) is 2.38. The zero-order chi connectivity index (χ0) is 15.2. The van der Waals surface area contributed by atoms with Gasteiger partial charge in [-0.1, -0.05) is 6.07 Å². The van der Waals surface area contributed by atoms with Gasteiger partial charge in [-0.3, -0.25) is 9.59 Å². The smallest absolute Gasteiger partial charge is 0.253 e. The number of hydrogen-bond acceptors (Lipinski definition) is 3. The zero-order valence-electron chi connectivity index (χ0n) is 13.2. The summed E-state index contributed by atoms with van der Waals surface area (Å²) in [5.41, 5.74) is 1.16. The average molecular weight is 326 g/mol. The van der Waals surface area contributed by atoms with E-state index in [-0.39, 0.29) is 24.2 Å². The Hall–Kier alpha value is -1.59. The molecule has 0 unspecified atom stereocenters. The van der Waals surface area contributed by atoms with Crippen LogP contribution in [0.5, 0.6) is 0 Å². The Labute approximate surface area is 138 Å². The van der Waals surface area contributed by atoms with Crippen molar-refractivity contribution < 1.29 is 9.59 Å². The number of benzene rings is 1. The van der Waals surface area contributed by atoms with Crippen LogP contribution >= 0.6 is 12.4 Å². The van der Waals surface area contributed by atoms with E-state index in [1.807, 2.05) is 11.8 Å². The fourth-order valence-corrected chi connectivity index (χ4v) is 2.38. The van der Waals surface area contributed by atoms with Crippen LogP contribution in [0.2, 0.25) is 0 Å². The van der Waals surface area contributed by atoms with Crippen molar-refractivity contribution in [3.63, 3.8) is 0 Å². The molecule has 1 aliphatic heterocycles. The molecule has 1 heterocycles. The lowest BCUT2D eigenvalue weighted by molar-refractivity contribution is 0.0766. The highest BCUT2D eigenvalue weighted by Crippen LogP contribution is 2.11. The largest absolute Gasteiger partial charge is 0.342 e. The summed E-state index contributed by atoms with van der Waals surface area (Å²) in [6.45, 7) is 5.82. The number of nitrogens with zero attached hydrogens (tertiary/aromatic N) is 2. The molecule has 0 spiro atoms. The van der Waals surface area contributed by atoms with Crippen LogP contribution in [-0.4, -0.2) is 61.4 Å². The molecule has 122 valence electrons. The minimum Gasteiger partial charge on any atom is -0.342 e.